The van der Waals surface area contributed by atoms with Crippen LogP contribution < -0.4 is 10.1 Å². The highest BCUT2D eigenvalue weighted by atomic mass is 32.2. The van der Waals surface area contributed by atoms with Gasteiger partial charge in [-0.15, -0.1) is 27.1 Å². The Morgan fingerprint density at radius 2 is 2.13 bits per heavy atom. The Labute approximate surface area is 228 Å². The number of amides is 1. The van der Waals surface area contributed by atoms with E-state index in [1.807, 2.05) is 26.8 Å². The van der Waals surface area contributed by atoms with Crippen molar-refractivity contribution >= 4 is 23.3 Å². The van der Waals surface area contributed by atoms with Gasteiger partial charge < -0.3 is 24.8 Å². The average Bonchev–Trinajstić information content (AvgIpc) is 3.23. The van der Waals surface area contributed by atoms with Crippen LogP contribution in [0.2, 0.25) is 0 Å². The molecule has 5 heterocycles. The molecule has 39 heavy (non-hydrogen) atoms. The Hall–Kier alpha value is -3.55. The number of hydrogen-bond acceptors (Lipinski definition) is 11. The lowest BCUT2D eigenvalue weighted by molar-refractivity contribution is 0.0746. The van der Waals surface area contributed by atoms with Gasteiger partial charge in [0.25, 0.3) is 5.91 Å². The molecule has 4 aromatic heterocycles. The molecule has 2 fully saturated rings. The lowest BCUT2D eigenvalue weighted by atomic mass is 9.88. The third kappa shape index (κ3) is 4.85. The number of carbonyl (C=O) groups is 1. The maximum atomic E-state index is 12.8. The summed E-state index contributed by atoms with van der Waals surface area (Å²) in [6, 6.07) is 6.64. The van der Waals surface area contributed by atoms with Crippen molar-refractivity contribution in [2.45, 2.75) is 74.9 Å². The number of aromatic nitrogens is 6. The smallest absolute Gasteiger partial charge is 0.253 e. The second-order valence-electron chi connectivity index (χ2n) is 10.9. The molecular weight excluding hydrogens is 522 g/mol. The Morgan fingerprint density at radius 3 is 2.85 bits per heavy atom. The topological polar surface area (TPSA) is 161 Å². The molecule has 0 spiro atoms. The summed E-state index contributed by atoms with van der Waals surface area (Å²) in [6.07, 6.45) is 4.27. The normalized spacial score (nSPS) is 22.5. The van der Waals surface area contributed by atoms with Gasteiger partial charge in [0.15, 0.2) is 17.1 Å². The second-order valence-corrected chi connectivity index (χ2v) is 12.3. The molecule has 1 aliphatic carbocycles. The predicted octanol–water partition coefficient (Wildman–Crippen LogP) is 2.63. The second kappa shape index (κ2) is 9.57. The van der Waals surface area contributed by atoms with Crippen LogP contribution in [0.1, 0.15) is 67.4 Å². The number of thioether (sulfide) groups is 1. The van der Waals surface area contributed by atoms with E-state index in [-0.39, 0.29) is 35.8 Å². The molecule has 4 aromatic rings. The Kier molecular flexibility index (Phi) is 6.31. The van der Waals surface area contributed by atoms with Gasteiger partial charge in [-0.1, -0.05) is 32.3 Å². The summed E-state index contributed by atoms with van der Waals surface area (Å²) in [6.45, 7) is 5.99. The number of aliphatic hydroxyl groups is 2. The minimum atomic E-state index is -0.826. The van der Waals surface area contributed by atoms with Gasteiger partial charge in [-0.2, -0.15) is 4.52 Å². The van der Waals surface area contributed by atoms with Gasteiger partial charge in [0, 0.05) is 23.1 Å². The van der Waals surface area contributed by atoms with Gasteiger partial charge in [-0.3, -0.25) is 9.78 Å². The maximum Gasteiger partial charge on any atom is 0.253 e. The zero-order chi connectivity index (χ0) is 27.4. The molecule has 1 unspecified atom stereocenters. The molecule has 1 amide bonds. The molecule has 2 aliphatic rings. The molecule has 12 nitrogen and oxygen atoms in total. The molecule has 0 bridgehead atoms. The van der Waals surface area contributed by atoms with Crippen LogP contribution in [-0.2, 0) is 18.6 Å². The highest BCUT2D eigenvalue weighted by molar-refractivity contribution is 8.08. The van der Waals surface area contributed by atoms with Crippen molar-refractivity contribution in [2.75, 3.05) is 0 Å². The number of aliphatic hydroxyl groups excluding tert-OH is 1. The molecular formula is C26H29N7O5S. The minimum absolute atomic E-state index is 0.125. The van der Waals surface area contributed by atoms with Gasteiger partial charge in [-0.25, -0.2) is 0 Å². The van der Waals surface area contributed by atoms with Crippen LogP contribution in [-0.4, -0.2) is 62.3 Å². The van der Waals surface area contributed by atoms with Gasteiger partial charge in [0.1, 0.15) is 18.1 Å². The molecule has 13 heteroatoms. The van der Waals surface area contributed by atoms with Crippen molar-refractivity contribution in [3.63, 3.8) is 0 Å². The molecule has 0 radical (unpaired) electrons. The summed E-state index contributed by atoms with van der Waals surface area (Å²) in [5, 5.41) is 40.2. The van der Waals surface area contributed by atoms with E-state index in [1.165, 1.54) is 22.5 Å². The minimum Gasteiger partial charge on any atom is -0.470 e. The van der Waals surface area contributed by atoms with Crippen LogP contribution in [0, 0.1) is 0 Å². The monoisotopic (exact) mass is 551 g/mol. The molecule has 3 N–H and O–H groups in total. The number of ether oxygens (including phenoxy) is 1. The fourth-order valence-corrected chi connectivity index (χ4v) is 6.09. The predicted molar refractivity (Wildman–Crippen MR) is 141 cm³/mol. The summed E-state index contributed by atoms with van der Waals surface area (Å²) in [5.74, 6) is 0.789. The van der Waals surface area contributed by atoms with E-state index < -0.39 is 4.93 Å². The average molecular weight is 552 g/mol. The van der Waals surface area contributed by atoms with Crippen LogP contribution in [0.4, 0.5) is 0 Å². The molecule has 204 valence electrons. The van der Waals surface area contributed by atoms with Crippen molar-refractivity contribution in [3.8, 4) is 17.4 Å². The third-order valence-corrected chi connectivity index (χ3v) is 8.63. The van der Waals surface area contributed by atoms with Gasteiger partial charge in [0.05, 0.1) is 17.3 Å². The zero-order valence-electron chi connectivity index (χ0n) is 21.8. The van der Waals surface area contributed by atoms with Gasteiger partial charge in [-0.05, 0) is 36.5 Å². The first-order valence-electron chi connectivity index (χ1n) is 12.8. The lowest BCUT2D eigenvalue weighted by Gasteiger charge is -2.27. The van der Waals surface area contributed by atoms with Crippen molar-refractivity contribution < 1.29 is 24.3 Å². The lowest BCUT2D eigenvalue weighted by Crippen LogP contribution is -2.48. The van der Waals surface area contributed by atoms with Crippen LogP contribution in [0.25, 0.3) is 17.2 Å². The van der Waals surface area contributed by atoms with Crippen LogP contribution >= 0.6 is 11.8 Å². The van der Waals surface area contributed by atoms with Crippen molar-refractivity contribution in [3.05, 3.63) is 53.0 Å². The fourth-order valence-electron chi connectivity index (χ4n) is 4.80. The first-order valence-corrected chi connectivity index (χ1v) is 13.7. The molecule has 6 rings (SSSR count). The number of rotatable bonds is 7. The number of hydrogen-bond donors (Lipinski definition) is 3. The highest BCUT2D eigenvalue weighted by Crippen LogP contribution is 2.59. The number of fused-ring (bicyclic) bond motifs is 2. The van der Waals surface area contributed by atoms with E-state index in [4.69, 9.17) is 9.26 Å². The first kappa shape index (κ1) is 25.7. The number of nitrogens with zero attached hydrogens (tertiary/aromatic N) is 6. The summed E-state index contributed by atoms with van der Waals surface area (Å²) >= 11 is 1.53. The molecule has 0 aromatic carbocycles. The highest BCUT2D eigenvalue weighted by Gasteiger charge is 2.61. The fraction of sp³-hybridized carbons (Fsp3) is 0.462. The van der Waals surface area contributed by atoms with E-state index in [1.54, 1.807) is 18.2 Å². The van der Waals surface area contributed by atoms with Crippen LogP contribution in [0.3, 0.4) is 0 Å². The van der Waals surface area contributed by atoms with E-state index >= 15 is 0 Å². The number of carbonyl (C=O) groups excluding carboxylic acids is 1. The summed E-state index contributed by atoms with van der Waals surface area (Å²) in [5.41, 5.74) is 2.49. The summed E-state index contributed by atoms with van der Waals surface area (Å²) in [4.78, 5) is 16.4. The number of pyridine rings is 1. The third-order valence-electron chi connectivity index (χ3n) is 7.05. The van der Waals surface area contributed by atoms with Crippen molar-refractivity contribution in [1.82, 2.24) is 35.3 Å². The van der Waals surface area contributed by atoms with Crippen LogP contribution in [0.15, 0.2) is 35.0 Å². The Morgan fingerprint density at radius 1 is 1.28 bits per heavy atom. The van der Waals surface area contributed by atoms with E-state index in [9.17, 15) is 15.0 Å². The Bertz CT molecular complexity index is 1530. The number of nitrogens with one attached hydrogen (secondary N) is 1. The van der Waals surface area contributed by atoms with Crippen molar-refractivity contribution in [1.29, 1.82) is 0 Å². The quantitative estimate of drug-likeness (QED) is 0.290. The summed E-state index contributed by atoms with van der Waals surface area (Å²) < 4.78 is 12.7. The van der Waals surface area contributed by atoms with Gasteiger partial charge in [0.2, 0.25) is 11.7 Å². The van der Waals surface area contributed by atoms with Crippen molar-refractivity contribution in [2.24, 2.45) is 0 Å². The first-order chi connectivity index (χ1) is 18.7. The van der Waals surface area contributed by atoms with E-state index in [2.05, 4.69) is 30.8 Å². The Balaban J connectivity index is 1.20. The molecule has 1 saturated carbocycles. The molecule has 1 saturated heterocycles. The van der Waals surface area contributed by atoms with Crippen LogP contribution in [0.5, 0.6) is 5.88 Å². The molecule has 3 atom stereocenters. The SMILES string of the molecule is CC(C)(C)c1cc2nnc(-c3cc(CO)on3)n2nc1OCc1ccc(C(=O)N[C@H]2CCCC3S[C@]32O)cn1. The molecule has 1 aliphatic heterocycles. The van der Waals surface area contributed by atoms with Gasteiger partial charge >= 0.3 is 0 Å². The van der Waals surface area contributed by atoms with E-state index in [0.717, 1.165) is 24.8 Å². The van der Waals surface area contributed by atoms with E-state index in [0.29, 0.717) is 40.1 Å². The largest absolute Gasteiger partial charge is 0.470 e. The summed E-state index contributed by atoms with van der Waals surface area (Å²) in [7, 11) is 0. The maximum absolute atomic E-state index is 12.8. The standard InChI is InChI=1S/C26H29N7O5S/c1-25(2,3)17-10-21-29-30-22(18-9-16(12-34)38-32-18)33(21)31-24(17)37-13-15-8-7-14(11-27-15)23(35)28-19-5-4-6-20-26(19,36)39-20/h7-11,19-20,34,36H,4-6,12-13H2,1-3H3,(H,28,35)/t19-,20?,26-/m0/s1. The zero-order valence-corrected chi connectivity index (χ0v) is 22.6.